The quantitative estimate of drug-likeness (QED) is 0.350. The van der Waals surface area contributed by atoms with Crippen LogP contribution in [0.4, 0.5) is 0 Å². The van der Waals surface area contributed by atoms with Gasteiger partial charge in [0.05, 0.1) is 0 Å². The van der Waals surface area contributed by atoms with E-state index in [0.717, 1.165) is 26.2 Å². The van der Waals surface area contributed by atoms with Gasteiger partial charge in [0.1, 0.15) is 0 Å². The van der Waals surface area contributed by atoms with E-state index in [4.69, 9.17) is 0 Å². The highest BCUT2D eigenvalue weighted by Crippen LogP contribution is 1.80. The van der Waals surface area contributed by atoms with Gasteiger partial charge >= 0.3 is 0 Å². The summed E-state index contributed by atoms with van der Waals surface area (Å²) in [4.78, 5) is 0. The van der Waals surface area contributed by atoms with E-state index >= 15 is 0 Å². The average Bonchev–Trinajstić information content (AvgIpc) is 2.13. The Morgan fingerprint density at radius 1 is 0.846 bits per heavy atom. The van der Waals surface area contributed by atoms with Crippen molar-refractivity contribution in [1.29, 1.82) is 0 Å². The largest absolute Gasteiger partial charge is 0.320 e. The minimum absolute atomic E-state index is 0.534. The molecule has 0 aliphatic rings. The maximum absolute atomic E-state index is 3.49. The Morgan fingerprint density at radius 3 is 1.92 bits per heavy atom. The van der Waals surface area contributed by atoms with Crippen molar-refractivity contribution >= 4 is 0 Å². The van der Waals surface area contributed by atoms with E-state index < -0.39 is 0 Å². The maximum Gasteiger partial charge on any atom is 0.0317 e. The third-order valence-electron chi connectivity index (χ3n) is 1.94. The van der Waals surface area contributed by atoms with Crippen LogP contribution in [-0.4, -0.2) is 53.4 Å². The summed E-state index contributed by atoms with van der Waals surface area (Å²) in [5.41, 5.74) is 0. The molecule has 0 heterocycles. The molecule has 0 aromatic rings. The molecule has 0 fully saturated rings. The number of hydrogen-bond acceptors (Lipinski definition) is 4. The van der Waals surface area contributed by atoms with Gasteiger partial charge in [-0.1, -0.05) is 0 Å². The first-order chi connectivity index (χ1) is 6.35. The zero-order chi connectivity index (χ0) is 9.94. The van der Waals surface area contributed by atoms with Gasteiger partial charge in [0.15, 0.2) is 0 Å². The standard InChI is InChI=1S/C9H24N4/c1-10-5-4-6-13-9(7-11-2)8-12-3/h9-13H,4-8H2,1-3H3. The first-order valence-corrected chi connectivity index (χ1v) is 5.02. The van der Waals surface area contributed by atoms with Gasteiger partial charge in [-0.15, -0.1) is 0 Å². The third-order valence-corrected chi connectivity index (χ3v) is 1.94. The Morgan fingerprint density at radius 2 is 1.46 bits per heavy atom. The normalized spacial score (nSPS) is 11.1. The average molecular weight is 188 g/mol. The van der Waals surface area contributed by atoms with Gasteiger partial charge < -0.3 is 21.3 Å². The molecular formula is C9H24N4. The van der Waals surface area contributed by atoms with Crippen molar-refractivity contribution in [3.8, 4) is 0 Å². The van der Waals surface area contributed by atoms with Crippen molar-refractivity contribution in [2.45, 2.75) is 12.5 Å². The summed E-state index contributed by atoms with van der Waals surface area (Å²) in [5, 5.41) is 13.0. The molecule has 4 heteroatoms. The molecule has 0 spiro atoms. The summed E-state index contributed by atoms with van der Waals surface area (Å²) in [5.74, 6) is 0. The zero-order valence-corrected chi connectivity index (χ0v) is 9.11. The SMILES string of the molecule is CNCCCNC(CNC)CNC. The van der Waals surface area contributed by atoms with Gasteiger partial charge in [0.25, 0.3) is 0 Å². The van der Waals surface area contributed by atoms with Crippen molar-refractivity contribution in [1.82, 2.24) is 21.3 Å². The van der Waals surface area contributed by atoms with Gasteiger partial charge in [0.2, 0.25) is 0 Å². The third kappa shape index (κ3) is 8.18. The summed E-state index contributed by atoms with van der Waals surface area (Å²) in [6, 6.07) is 0.534. The lowest BCUT2D eigenvalue weighted by atomic mass is 10.2. The first kappa shape index (κ1) is 12.8. The molecule has 0 atom stereocenters. The fraction of sp³-hybridized carbons (Fsp3) is 1.00. The van der Waals surface area contributed by atoms with Gasteiger partial charge in [0, 0.05) is 19.1 Å². The molecule has 4 nitrogen and oxygen atoms in total. The van der Waals surface area contributed by atoms with E-state index in [0.29, 0.717) is 6.04 Å². The Bertz CT molecular complexity index is 91.6. The zero-order valence-electron chi connectivity index (χ0n) is 9.11. The highest BCUT2D eigenvalue weighted by molar-refractivity contribution is 4.70. The van der Waals surface area contributed by atoms with Gasteiger partial charge in [-0.2, -0.15) is 0 Å². The van der Waals surface area contributed by atoms with E-state index in [1.807, 2.05) is 21.1 Å². The van der Waals surface area contributed by atoms with Gasteiger partial charge in [-0.25, -0.2) is 0 Å². The van der Waals surface area contributed by atoms with Crippen molar-refractivity contribution in [2.75, 3.05) is 47.3 Å². The van der Waals surface area contributed by atoms with Crippen LogP contribution in [0.5, 0.6) is 0 Å². The van der Waals surface area contributed by atoms with Crippen LogP contribution in [0.3, 0.4) is 0 Å². The number of rotatable bonds is 9. The molecule has 0 aromatic carbocycles. The molecule has 0 amide bonds. The van der Waals surface area contributed by atoms with Crippen LogP contribution in [0.15, 0.2) is 0 Å². The van der Waals surface area contributed by atoms with E-state index in [9.17, 15) is 0 Å². The molecule has 0 saturated heterocycles. The highest BCUT2D eigenvalue weighted by Gasteiger charge is 2.03. The Labute approximate surface area is 81.9 Å². The second kappa shape index (κ2) is 9.92. The maximum atomic E-state index is 3.49. The molecule has 0 aromatic heterocycles. The lowest BCUT2D eigenvalue weighted by Crippen LogP contribution is -2.44. The van der Waals surface area contributed by atoms with E-state index in [-0.39, 0.29) is 0 Å². The Hall–Kier alpha value is -0.160. The van der Waals surface area contributed by atoms with Crippen molar-refractivity contribution in [3.63, 3.8) is 0 Å². The molecule has 13 heavy (non-hydrogen) atoms. The van der Waals surface area contributed by atoms with E-state index in [1.165, 1.54) is 6.42 Å². The van der Waals surface area contributed by atoms with Crippen LogP contribution in [0.2, 0.25) is 0 Å². The molecule has 0 saturated carbocycles. The fourth-order valence-electron chi connectivity index (χ4n) is 1.28. The van der Waals surface area contributed by atoms with Crippen LogP contribution in [0.1, 0.15) is 6.42 Å². The molecule has 0 bridgehead atoms. The van der Waals surface area contributed by atoms with Crippen molar-refractivity contribution in [3.05, 3.63) is 0 Å². The monoisotopic (exact) mass is 188 g/mol. The number of nitrogens with one attached hydrogen (secondary N) is 4. The topological polar surface area (TPSA) is 48.1 Å². The molecule has 0 rings (SSSR count). The molecular weight excluding hydrogens is 164 g/mol. The Kier molecular flexibility index (Phi) is 9.80. The smallest absolute Gasteiger partial charge is 0.0317 e. The van der Waals surface area contributed by atoms with Crippen LogP contribution in [-0.2, 0) is 0 Å². The lowest BCUT2D eigenvalue weighted by molar-refractivity contribution is 0.465. The minimum atomic E-state index is 0.534. The molecule has 0 aliphatic heterocycles. The van der Waals surface area contributed by atoms with Crippen molar-refractivity contribution < 1.29 is 0 Å². The van der Waals surface area contributed by atoms with Gasteiger partial charge in [-0.3, -0.25) is 0 Å². The van der Waals surface area contributed by atoms with Crippen LogP contribution >= 0.6 is 0 Å². The second-order valence-corrected chi connectivity index (χ2v) is 3.22. The summed E-state index contributed by atoms with van der Waals surface area (Å²) in [6.45, 7) is 4.19. The summed E-state index contributed by atoms with van der Waals surface area (Å²) in [7, 11) is 5.95. The molecule has 80 valence electrons. The molecule has 0 radical (unpaired) electrons. The van der Waals surface area contributed by atoms with Crippen LogP contribution < -0.4 is 21.3 Å². The lowest BCUT2D eigenvalue weighted by Gasteiger charge is -2.17. The molecule has 4 N–H and O–H groups in total. The van der Waals surface area contributed by atoms with E-state index in [1.54, 1.807) is 0 Å². The number of likely N-dealkylation sites (N-methyl/N-ethyl adjacent to an activating group) is 2. The summed E-state index contributed by atoms with van der Waals surface area (Å²) in [6.07, 6.45) is 1.18. The van der Waals surface area contributed by atoms with Crippen LogP contribution in [0, 0.1) is 0 Å². The van der Waals surface area contributed by atoms with Crippen molar-refractivity contribution in [2.24, 2.45) is 0 Å². The van der Waals surface area contributed by atoms with Crippen LogP contribution in [0.25, 0.3) is 0 Å². The predicted octanol–water partition coefficient (Wildman–Crippen LogP) is -1.01. The fourth-order valence-corrected chi connectivity index (χ4v) is 1.28. The molecule has 0 unspecified atom stereocenters. The first-order valence-electron chi connectivity index (χ1n) is 5.02. The predicted molar refractivity (Wildman–Crippen MR) is 58.2 cm³/mol. The summed E-state index contributed by atoms with van der Waals surface area (Å²) >= 11 is 0. The highest BCUT2D eigenvalue weighted by atomic mass is 15.0. The number of hydrogen-bond donors (Lipinski definition) is 4. The van der Waals surface area contributed by atoms with Gasteiger partial charge in [-0.05, 0) is 40.7 Å². The molecule has 0 aliphatic carbocycles. The summed E-state index contributed by atoms with van der Waals surface area (Å²) < 4.78 is 0. The second-order valence-electron chi connectivity index (χ2n) is 3.22. The van der Waals surface area contributed by atoms with E-state index in [2.05, 4.69) is 21.3 Å². The minimum Gasteiger partial charge on any atom is -0.320 e. The Balaban J connectivity index is 3.33.